The number of rotatable bonds is 13. The number of hydrogen-bond donors (Lipinski definition) is 6. The normalized spacial score (nSPS) is 45.4. The van der Waals surface area contributed by atoms with Gasteiger partial charge < -0.3 is 54.8 Å². The molecule has 9 N–H and O–H groups in total. The third-order valence-electron chi connectivity index (χ3n) is 15.3. The zero-order chi connectivity index (χ0) is 37.8. The molecule has 0 amide bonds. The van der Waals surface area contributed by atoms with Crippen LogP contribution in [0.1, 0.15) is 129 Å². The van der Waals surface area contributed by atoms with E-state index in [2.05, 4.69) is 17.6 Å². The molecule has 6 rings (SSSR count). The lowest BCUT2D eigenvalue weighted by molar-refractivity contribution is -0.747. The molecule has 0 aromatic rings. The summed E-state index contributed by atoms with van der Waals surface area (Å²) in [7, 11) is 3.31. The van der Waals surface area contributed by atoms with Gasteiger partial charge in [-0.3, -0.25) is 5.73 Å². The van der Waals surface area contributed by atoms with Crippen molar-refractivity contribution in [3.8, 4) is 0 Å². The maximum Gasteiger partial charge on any atom is 0.137 e. The van der Waals surface area contributed by atoms with E-state index in [0.717, 1.165) is 90.0 Å². The largest absolute Gasteiger partial charge is 0.550 e. The van der Waals surface area contributed by atoms with Gasteiger partial charge in [0.1, 0.15) is 18.3 Å². The van der Waals surface area contributed by atoms with E-state index in [4.69, 9.17) is 24.7 Å². The van der Waals surface area contributed by atoms with Crippen LogP contribution in [0.25, 0.3) is 0 Å². The van der Waals surface area contributed by atoms with E-state index in [9.17, 15) is 25.2 Å². The van der Waals surface area contributed by atoms with Crippen LogP contribution in [0.2, 0.25) is 0 Å². The number of carboxylic acids is 1. The first-order valence-corrected chi connectivity index (χ1v) is 21.5. The predicted molar refractivity (Wildman–Crippen MR) is 196 cm³/mol. The average Bonchev–Trinajstić information content (AvgIpc) is 3.15. The van der Waals surface area contributed by atoms with E-state index >= 15 is 0 Å². The van der Waals surface area contributed by atoms with Gasteiger partial charge in [0.2, 0.25) is 0 Å². The van der Waals surface area contributed by atoms with Crippen LogP contribution < -0.4 is 21.5 Å². The highest BCUT2D eigenvalue weighted by molar-refractivity contribution is 5.74. The number of nitrogens with two attached hydrogens (primary N) is 3. The number of aliphatic carboxylic acids is 1. The zero-order valence-corrected chi connectivity index (χ0v) is 33.0. The second-order valence-corrected chi connectivity index (χ2v) is 18.6. The molecule has 3 aliphatic heterocycles. The first-order valence-electron chi connectivity index (χ1n) is 21.5. The summed E-state index contributed by atoms with van der Waals surface area (Å²) in [5.74, 6) is -0.0280. The zero-order valence-electron chi connectivity index (χ0n) is 33.0. The Morgan fingerprint density at radius 1 is 0.868 bits per heavy atom. The molecule has 3 saturated heterocycles. The number of carbonyl (C=O) groups is 1. The van der Waals surface area contributed by atoms with Crippen molar-refractivity contribution < 1.29 is 54.8 Å². The Morgan fingerprint density at radius 2 is 1.62 bits per heavy atom. The predicted octanol–water partition coefficient (Wildman–Crippen LogP) is 0.472. The summed E-state index contributed by atoms with van der Waals surface area (Å²) >= 11 is 0. The molecule has 3 saturated carbocycles. The van der Waals surface area contributed by atoms with Crippen molar-refractivity contribution in [1.82, 2.24) is 0 Å². The van der Waals surface area contributed by atoms with Crippen LogP contribution in [-0.2, 0) is 23.7 Å². The van der Waals surface area contributed by atoms with E-state index in [1.54, 1.807) is 14.2 Å². The smallest absolute Gasteiger partial charge is 0.137 e. The first-order chi connectivity index (χ1) is 25.5. The van der Waals surface area contributed by atoms with E-state index in [-0.39, 0.29) is 36.4 Å². The van der Waals surface area contributed by atoms with Crippen molar-refractivity contribution in [3.63, 3.8) is 0 Å². The molecule has 53 heavy (non-hydrogen) atoms. The molecular formula is C41H74N3O9+. The second-order valence-electron chi connectivity index (χ2n) is 18.6. The van der Waals surface area contributed by atoms with Crippen LogP contribution >= 0.6 is 0 Å². The van der Waals surface area contributed by atoms with E-state index in [1.807, 2.05) is 0 Å². The van der Waals surface area contributed by atoms with Crippen molar-refractivity contribution >= 4 is 5.97 Å². The SMILES string of the molecule is COC1CC(CCC2CC(O)CC(C3CC(OC)C(O)C(OCC4[NH2+]C(C)CCC4(CC4CC[NH2+]C(N)C4)C4(C(=O)[O-])CCCCC4)C3)O2)CCC1O. The Labute approximate surface area is 318 Å². The molecule has 3 aliphatic carbocycles. The summed E-state index contributed by atoms with van der Waals surface area (Å²) in [5, 5.41) is 51.0. The number of piperidine rings is 2. The van der Waals surface area contributed by atoms with Gasteiger partial charge in [0.15, 0.2) is 0 Å². The van der Waals surface area contributed by atoms with E-state index < -0.39 is 47.3 Å². The lowest BCUT2D eigenvalue weighted by Crippen LogP contribution is -3.01. The van der Waals surface area contributed by atoms with Gasteiger partial charge in [-0.15, -0.1) is 0 Å². The van der Waals surface area contributed by atoms with Gasteiger partial charge >= 0.3 is 0 Å². The number of hydrogen-bond acceptors (Lipinski definition) is 10. The molecule has 0 aromatic heterocycles. The Bertz CT molecular complexity index is 1160. The monoisotopic (exact) mass is 753 g/mol. The molecule has 306 valence electrons. The first kappa shape index (κ1) is 41.7. The molecule has 15 atom stereocenters. The minimum absolute atomic E-state index is 0.0420. The minimum Gasteiger partial charge on any atom is -0.550 e. The number of methoxy groups -OCH3 is 2. The fraction of sp³-hybridized carbons (Fsp3) is 0.976. The van der Waals surface area contributed by atoms with Crippen molar-refractivity contribution in [3.05, 3.63) is 0 Å². The Hall–Kier alpha value is -0.930. The summed E-state index contributed by atoms with van der Waals surface area (Å²) in [4.78, 5) is 13.5. The average molecular weight is 753 g/mol. The summed E-state index contributed by atoms with van der Waals surface area (Å²) in [5.41, 5.74) is 5.05. The number of ether oxygens (including phenoxy) is 4. The number of carbonyl (C=O) groups excluding carboxylic acids is 1. The van der Waals surface area contributed by atoms with Crippen LogP contribution in [0.5, 0.6) is 0 Å². The number of aliphatic hydroxyl groups is 3. The molecule has 12 heteroatoms. The van der Waals surface area contributed by atoms with Crippen molar-refractivity contribution in [2.24, 2.45) is 34.3 Å². The Balaban J connectivity index is 1.17. The number of aliphatic hydroxyl groups excluding tert-OH is 3. The lowest BCUT2D eigenvalue weighted by Gasteiger charge is -2.59. The lowest BCUT2D eigenvalue weighted by atomic mass is 9.48. The summed E-state index contributed by atoms with van der Waals surface area (Å²) in [6.07, 6.45) is 12.6. The second kappa shape index (κ2) is 18.6. The molecule has 0 bridgehead atoms. The topological polar surface area (TPSA) is 197 Å². The molecule has 3 heterocycles. The molecule has 12 nitrogen and oxygen atoms in total. The van der Waals surface area contributed by atoms with Crippen LogP contribution in [0, 0.1) is 28.6 Å². The van der Waals surface area contributed by atoms with Gasteiger partial charge in [-0.1, -0.05) is 19.3 Å². The number of quaternary nitrogens is 2. The molecule has 6 fully saturated rings. The van der Waals surface area contributed by atoms with E-state index in [0.29, 0.717) is 63.0 Å². The van der Waals surface area contributed by atoms with Crippen LogP contribution in [0.4, 0.5) is 0 Å². The van der Waals surface area contributed by atoms with Crippen molar-refractivity contribution in [2.45, 2.75) is 196 Å². The highest BCUT2D eigenvalue weighted by Gasteiger charge is 2.61. The summed E-state index contributed by atoms with van der Waals surface area (Å²) in [6, 6.07) is 0.249. The molecule has 0 aromatic carbocycles. The van der Waals surface area contributed by atoms with Gasteiger partial charge in [-0.05, 0) is 121 Å². The molecule has 0 radical (unpaired) electrons. The molecule has 15 unspecified atom stereocenters. The fourth-order valence-corrected chi connectivity index (χ4v) is 12.3. The fourth-order valence-electron chi connectivity index (χ4n) is 12.3. The van der Waals surface area contributed by atoms with Crippen LogP contribution in [-0.4, -0.2) is 116 Å². The van der Waals surface area contributed by atoms with Gasteiger partial charge in [0.25, 0.3) is 0 Å². The van der Waals surface area contributed by atoms with Crippen molar-refractivity contribution in [2.75, 3.05) is 27.4 Å². The third kappa shape index (κ3) is 9.45. The Morgan fingerprint density at radius 3 is 2.34 bits per heavy atom. The molecule has 0 spiro atoms. The standard InChI is InChI=1S/C41H73N3O9/c1-25-11-15-41(23-27-12-16-43-37(42)18-27,40(39(48)49)13-5-4-6-14-40)36(44-25)24-52-35-20-28(19-34(51-3)38(35)47)32-22-29(45)21-30(53-32)9-7-26-8-10-31(46)33(17-26)50-2/h25-38,43-47H,4-24,42H2,1-3H3,(H,48,49)/p+1. The highest BCUT2D eigenvalue weighted by atomic mass is 16.5. The minimum atomic E-state index is -0.910. The molecular weight excluding hydrogens is 678 g/mol. The van der Waals surface area contributed by atoms with Gasteiger partial charge in [0.05, 0.1) is 61.9 Å². The summed E-state index contributed by atoms with van der Waals surface area (Å²) in [6.45, 7) is 3.55. The van der Waals surface area contributed by atoms with Gasteiger partial charge in [-0.2, -0.15) is 0 Å². The highest BCUT2D eigenvalue weighted by Crippen LogP contribution is 2.58. The van der Waals surface area contributed by atoms with Gasteiger partial charge in [0, 0.05) is 37.4 Å². The van der Waals surface area contributed by atoms with E-state index in [1.165, 1.54) is 0 Å². The maximum absolute atomic E-state index is 13.5. The summed E-state index contributed by atoms with van der Waals surface area (Å²) < 4.78 is 25.1. The van der Waals surface area contributed by atoms with Crippen molar-refractivity contribution in [1.29, 1.82) is 0 Å². The Kier molecular flexibility index (Phi) is 14.6. The number of carboxylic acid groups (broad SMARTS) is 1. The third-order valence-corrected chi connectivity index (χ3v) is 15.3. The molecule has 6 aliphatic rings. The quantitative estimate of drug-likeness (QED) is 0.154. The van der Waals surface area contributed by atoms with Crippen LogP contribution in [0.3, 0.4) is 0 Å². The maximum atomic E-state index is 13.5. The van der Waals surface area contributed by atoms with Crippen LogP contribution in [0.15, 0.2) is 0 Å². The van der Waals surface area contributed by atoms with Gasteiger partial charge in [-0.25, -0.2) is 0 Å².